The van der Waals surface area contributed by atoms with Crippen LogP contribution in [0.4, 0.5) is 11.5 Å². The fourth-order valence-electron chi connectivity index (χ4n) is 2.84. The number of carbonyl (C=O) groups is 1. The average Bonchev–Trinajstić information content (AvgIpc) is 2.79. The molecular formula is C22H24N4O3. The Hall–Kier alpha value is -3.61. The van der Waals surface area contributed by atoms with Gasteiger partial charge in [-0.25, -0.2) is 9.97 Å². The smallest absolute Gasteiger partial charge is 0.271 e. The number of ether oxygens (including phenoxy) is 2. The summed E-state index contributed by atoms with van der Waals surface area (Å²) in [6, 6.07) is 15.5. The molecule has 3 aromatic rings. The van der Waals surface area contributed by atoms with E-state index in [1.165, 1.54) is 6.20 Å². The van der Waals surface area contributed by atoms with Gasteiger partial charge in [0.2, 0.25) is 0 Å². The van der Waals surface area contributed by atoms with Gasteiger partial charge in [0.15, 0.2) is 17.3 Å². The van der Waals surface area contributed by atoms with E-state index in [0.717, 1.165) is 11.3 Å². The molecule has 1 N–H and O–H groups in total. The summed E-state index contributed by atoms with van der Waals surface area (Å²) in [4.78, 5) is 22.9. The third-order valence-corrected chi connectivity index (χ3v) is 4.51. The summed E-state index contributed by atoms with van der Waals surface area (Å²) in [6.45, 7) is 0.474. The zero-order chi connectivity index (χ0) is 20.6. The predicted molar refractivity (Wildman–Crippen MR) is 112 cm³/mol. The molecule has 1 aromatic heterocycles. The number of hydrogen-bond acceptors (Lipinski definition) is 6. The van der Waals surface area contributed by atoms with Crippen molar-refractivity contribution in [1.82, 2.24) is 15.3 Å². The lowest BCUT2D eigenvalue weighted by atomic mass is 10.1. The van der Waals surface area contributed by atoms with Gasteiger partial charge in [0.1, 0.15) is 5.69 Å². The Morgan fingerprint density at radius 2 is 1.76 bits per heavy atom. The molecule has 1 heterocycles. The number of anilines is 2. The summed E-state index contributed by atoms with van der Waals surface area (Å²) in [5.41, 5.74) is 2.31. The van der Waals surface area contributed by atoms with Crippen LogP contribution < -0.4 is 19.7 Å². The third kappa shape index (κ3) is 5.01. The second-order valence-corrected chi connectivity index (χ2v) is 6.35. The number of aromatic nitrogens is 2. The van der Waals surface area contributed by atoms with Gasteiger partial charge >= 0.3 is 0 Å². The number of nitrogens with zero attached hydrogens (tertiary/aromatic N) is 3. The Kier molecular flexibility index (Phi) is 6.63. The van der Waals surface area contributed by atoms with Gasteiger partial charge in [0, 0.05) is 19.3 Å². The van der Waals surface area contributed by atoms with Gasteiger partial charge in [-0.2, -0.15) is 0 Å². The Balaban J connectivity index is 1.56. The number of nitrogens with one attached hydrogen (secondary N) is 1. The number of benzene rings is 2. The van der Waals surface area contributed by atoms with Crippen LogP contribution in [0.2, 0.25) is 0 Å². The topological polar surface area (TPSA) is 76.6 Å². The van der Waals surface area contributed by atoms with Gasteiger partial charge in [-0.05, 0) is 36.2 Å². The van der Waals surface area contributed by atoms with Crippen LogP contribution in [-0.2, 0) is 6.42 Å². The van der Waals surface area contributed by atoms with Crippen molar-refractivity contribution in [3.05, 3.63) is 72.2 Å². The first-order chi connectivity index (χ1) is 14.1. The van der Waals surface area contributed by atoms with E-state index in [1.54, 1.807) is 20.4 Å². The highest BCUT2D eigenvalue weighted by atomic mass is 16.5. The molecule has 0 atom stereocenters. The molecule has 0 radical (unpaired) electrons. The summed E-state index contributed by atoms with van der Waals surface area (Å²) >= 11 is 0. The number of rotatable bonds is 8. The molecule has 0 saturated heterocycles. The molecule has 0 aliphatic carbocycles. The largest absolute Gasteiger partial charge is 0.493 e. The first kappa shape index (κ1) is 20.1. The van der Waals surface area contributed by atoms with E-state index >= 15 is 0 Å². The SMILES string of the molecule is COc1ccc(CCNC(=O)c2cnc(N(C)c3ccccc3)cn2)cc1OC. The second kappa shape index (κ2) is 9.54. The van der Waals surface area contributed by atoms with Gasteiger partial charge in [-0.1, -0.05) is 24.3 Å². The standard InChI is InChI=1S/C22H24N4O3/c1-26(17-7-5-4-6-8-17)21-15-24-18(14-25-21)22(27)23-12-11-16-9-10-19(28-2)20(13-16)29-3/h4-10,13-15H,11-12H2,1-3H3,(H,23,27). The zero-order valence-electron chi connectivity index (χ0n) is 16.8. The lowest BCUT2D eigenvalue weighted by molar-refractivity contribution is 0.0949. The van der Waals surface area contributed by atoms with Crippen molar-refractivity contribution in [2.45, 2.75) is 6.42 Å². The minimum atomic E-state index is -0.258. The van der Waals surface area contributed by atoms with E-state index in [1.807, 2.05) is 60.5 Å². The Morgan fingerprint density at radius 1 is 1.00 bits per heavy atom. The normalized spacial score (nSPS) is 10.3. The first-order valence-electron chi connectivity index (χ1n) is 9.22. The molecule has 0 fully saturated rings. The number of amides is 1. The first-order valence-corrected chi connectivity index (χ1v) is 9.22. The monoisotopic (exact) mass is 392 g/mol. The molecule has 0 aliphatic heterocycles. The van der Waals surface area contributed by atoms with Gasteiger partial charge < -0.3 is 19.7 Å². The number of para-hydroxylation sites is 1. The lowest BCUT2D eigenvalue weighted by Gasteiger charge is -2.17. The van der Waals surface area contributed by atoms with E-state index in [-0.39, 0.29) is 11.6 Å². The molecule has 0 spiro atoms. The molecule has 3 rings (SSSR count). The van der Waals surface area contributed by atoms with Crippen molar-refractivity contribution in [2.24, 2.45) is 0 Å². The number of hydrogen-bond donors (Lipinski definition) is 1. The molecule has 2 aromatic carbocycles. The van der Waals surface area contributed by atoms with Crippen LogP contribution in [-0.4, -0.2) is 43.7 Å². The van der Waals surface area contributed by atoms with Crippen molar-refractivity contribution >= 4 is 17.4 Å². The molecule has 7 heteroatoms. The van der Waals surface area contributed by atoms with E-state index in [9.17, 15) is 4.79 Å². The average molecular weight is 392 g/mol. The fraction of sp³-hybridized carbons (Fsp3) is 0.227. The molecular weight excluding hydrogens is 368 g/mol. The lowest BCUT2D eigenvalue weighted by Crippen LogP contribution is -2.27. The van der Waals surface area contributed by atoms with Crippen LogP contribution in [0.25, 0.3) is 0 Å². The van der Waals surface area contributed by atoms with E-state index < -0.39 is 0 Å². The summed E-state index contributed by atoms with van der Waals surface area (Å²) in [5.74, 6) is 1.75. The van der Waals surface area contributed by atoms with Crippen molar-refractivity contribution in [1.29, 1.82) is 0 Å². The zero-order valence-corrected chi connectivity index (χ0v) is 16.8. The van der Waals surface area contributed by atoms with Gasteiger partial charge in [-0.15, -0.1) is 0 Å². The predicted octanol–water partition coefficient (Wildman–Crippen LogP) is 3.23. The van der Waals surface area contributed by atoms with Crippen LogP contribution >= 0.6 is 0 Å². The molecule has 29 heavy (non-hydrogen) atoms. The molecule has 150 valence electrons. The molecule has 0 unspecified atom stereocenters. The van der Waals surface area contributed by atoms with Gasteiger partial charge in [0.05, 0.1) is 26.6 Å². The summed E-state index contributed by atoms with van der Waals surface area (Å²) < 4.78 is 10.5. The summed E-state index contributed by atoms with van der Waals surface area (Å²) in [7, 11) is 5.10. The van der Waals surface area contributed by atoms with E-state index in [4.69, 9.17) is 9.47 Å². The van der Waals surface area contributed by atoms with Crippen molar-refractivity contribution < 1.29 is 14.3 Å². The maximum absolute atomic E-state index is 12.3. The Bertz CT molecular complexity index is 946. The van der Waals surface area contributed by atoms with Crippen LogP contribution in [0.15, 0.2) is 60.9 Å². The number of methoxy groups -OCH3 is 2. The van der Waals surface area contributed by atoms with Crippen LogP contribution in [0.1, 0.15) is 16.1 Å². The molecule has 0 bridgehead atoms. The molecule has 0 aliphatic rings. The quantitative estimate of drug-likeness (QED) is 0.634. The minimum absolute atomic E-state index is 0.258. The molecule has 0 saturated carbocycles. The summed E-state index contributed by atoms with van der Waals surface area (Å²) in [6.07, 6.45) is 3.74. The Labute approximate surface area is 170 Å². The Morgan fingerprint density at radius 3 is 2.41 bits per heavy atom. The maximum Gasteiger partial charge on any atom is 0.271 e. The fourth-order valence-corrected chi connectivity index (χ4v) is 2.84. The van der Waals surface area contributed by atoms with Crippen LogP contribution in [0, 0.1) is 0 Å². The van der Waals surface area contributed by atoms with Crippen LogP contribution in [0.5, 0.6) is 11.5 Å². The van der Waals surface area contributed by atoms with Crippen molar-refractivity contribution in [3.8, 4) is 11.5 Å². The maximum atomic E-state index is 12.3. The molecule has 7 nitrogen and oxygen atoms in total. The minimum Gasteiger partial charge on any atom is -0.493 e. The van der Waals surface area contributed by atoms with Crippen molar-refractivity contribution in [2.75, 3.05) is 32.7 Å². The highest BCUT2D eigenvalue weighted by Crippen LogP contribution is 2.27. The molecule has 1 amide bonds. The van der Waals surface area contributed by atoms with Gasteiger partial charge in [-0.3, -0.25) is 4.79 Å². The second-order valence-electron chi connectivity index (χ2n) is 6.35. The van der Waals surface area contributed by atoms with Crippen LogP contribution in [0.3, 0.4) is 0 Å². The highest BCUT2D eigenvalue weighted by Gasteiger charge is 2.11. The number of carbonyl (C=O) groups excluding carboxylic acids is 1. The van der Waals surface area contributed by atoms with E-state index in [2.05, 4.69) is 15.3 Å². The highest BCUT2D eigenvalue weighted by molar-refractivity contribution is 5.92. The van der Waals surface area contributed by atoms with E-state index in [0.29, 0.717) is 30.3 Å². The third-order valence-electron chi connectivity index (χ3n) is 4.51. The van der Waals surface area contributed by atoms with Gasteiger partial charge in [0.25, 0.3) is 5.91 Å². The summed E-state index contributed by atoms with van der Waals surface area (Å²) in [5, 5.41) is 2.87. The van der Waals surface area contributed by atoms with Crippen molar-refractivity contribution in [3.63, 3.8) is 0 Å².